The molecule has 2 aromatic rings. The molecule has 0 aromatic carbocycles. The molecule has 4 heterocycles. The fourth-order valence-corrected chi connectivity index (χ4v) is 4.18. The molecular weight excluding hydrogens is 408 g/mol. The van der Waals surface area contributed by atoms with Crippen LogP contribution < -0.4 is 14.4 Å². The predicted octanol–water partition coefficient (Wildman–Crippen LogP) is 3.02. The van der Waals surface area contributed by atoms with Crippen LogP contribution in [-0.2, 0) is 21.5 Å². The number of carbonyl (C=O) groups excluding carboxylic acids is 1. The number of hydrogen-bond acceptors (Lipinski definition) is 6. The standard InChI is InChI=1S/C19H18ClF2N3O4/c1-27-16-13(21)15(14(22)17(24-16)28-2)25-9-10-8-23-12(20)7-11(10)19(18(25)26)3-5-29-6-4-19/h7-8H,3-6,9H2,1-2H3. The van der Waals surface area contributed by atoms with Crippen molar-refractivity contribution in [1.29, 1.82) is 0 Å². The summed E-state index contributed by atoms with van der Waals surface area (Å²) in [5.74, 6) is -3.53. The molecule has 0 atom stereocenters. The lowest BCUT2D eigenvalue weighted by Crippen LogP contribution is -2.54. The lowest BCUT2D eigenvalue weighted by molar-refractivity contribution is -0.128. The summed E-state index contributed by atoms with van der Waals surface area (Å²) in [5, 5.41) is 0.250. The van der Waals surface area contributed by atoms with Crippen LogP contribution in [0.4, 0.5) is 14.5 Å². The van der Waals surface area contributed by atoms with Crippen molar-refractivity contribution in [2.75, 3.05) is 32.3 Å². The molecule has 0 unspecified atom stereocenters. The van der Waals surface area contributed by atoms with Gasteiger partial charge in [-0.25, -0.2) is 4.98 Å². The maximum absolute atomic E-state index is 15.1. The van der Waals surface area contributed by atoms with Crippen LogP contribution in [0.1, 0.15) is 24.0 Å². The highest BCUT2D eigenvalue weighted by Crippen LogP contribution is 2.46. The highest BCUT2D eigenvalue weighted by atomic mass is 35.5. The van der Waals surface area contributed by atoms with Gasteiger partial charge in [-0.3, -0.25) is 4.79 Å². The van der Waals surface area contributed by atoms with E-state index in [9.17, 15) is 4.79 Å². The fourth-order valence-electron chi connectivity index (χ4n) is 4.03. The molecule has 29 heavy (non-hydrogen) atoms. The third-order valence-electron chi connectivity index (χ3n) is 5.45. The smallest absolute Gasteiger partial charge is 0.255 e. The molecule has 2 aliphatic heterocycles. The third-order valence-corrected chi connectivity index (χ3v) is 5.66. The van der Waals surface area contributed by atoms with Gasteiger partial charge < -0.3 is 19.1 Å². The van der Waals surface area contributed by atoms with Crippen LogP contribution in [0, 0.1) is 11.6 Å². The number of aromatic nitrogens is 2. The van der Waals surface area contributed by atoms with Crippen molar-refractivity contribution in [3.63, 3.8) is 0 Å². The molecule has 154 valence electrons. The van der Waals surface area contributed by atoms with Gasteiger partial charge in [-0.15, -0.1) is 0 Å². The summed E-state index contributed by atoms with van der Waals surface area (Å²) in [6.07, 6.45) is 2.25. The lowest BCUT2D eigenvalue weighted by Gasteiger charge is -2.44. The topological polar surface area (TPSA) is 73.8 Å². The Balaban J connectivity index is 1.93. The molecule has 7 nitrogen and oxygen atoms in total. The Labute approximate surface area is 170 Å². The summed E-state index contributed by atoms with van der Waals surface area (Å²) in [5.41, 5.74) is -0.202. The molecule has 1 fully saturated rings. The number of amides is 1. The number of hydrogen-bond donors (Lipinski definition) is 0. The number of nitrogens with zero attached hydrogens (tertiary/aromatic N) is 3. The summed E-state index contributed by atoms with van der Waals surface area (Å²) in [6, 6.07) is 1.65. The monoisotopic (exact) mass is 425 g/mol. The molecular formula is C19H18ClF2N3O4. The van der Waals surface area contributed by atoms with Gasteiger partial charge in [0.05, 0.1) is 26.2 Å². The Hall–Kier alpha value is -2.52. The Kier molecular flexibility index (Phi) is 5.04. The van der Waals surface area contributed by atoms with Crippen LogP contribution in [0.3, 0.4) is 0 Å². The highest BCUT2D eigenvalue weighted by molar-refractivity contribution is 6.29. The second kappa shape index (κ2) is 7.38. The minimum Gasteiger partial charge on any atom is -0.479 e. The van der Waals surface area contributed by atoms with E-state index >= 15 is 8.78 Å². The molecule has 0 N–H and O–H groups in total. The number of ether oxygens (including phenoxy) is 3. The molecule has 0 radical (unpaired) electrons. The van der Waals surface area contributed by atoms with E-state index in [2.05, 4.69) is 9.97 Å². The van der Waals surface area contributed by atoms with E-state index in [0.29, 0.717) is 31.6 Å². The molecule has 1 saturated heterocycles. The van der Waals surface area contributed by atoms with Crippen LogP contribution in [0.15, 0.2) is 12.3 Å². The van der Waals surface area contributed by atoms with Gasteiger partial charge in [-0.05, 0) is 30.0 Å². The number of anilines is 1. The second-order valence-electron chi connectivity index (χ2n) is 6.86. The van der Waals surface area contributed by atoms with Crippen molar-refractivity contribution in [3.05, 3.63) is 40.2 Å². The Morgan fingerprint density at radius 2 is 1.79 bits per heavy atom. The molecule has 1 spiro atoms. The van der Waals surface area contributed by atoms with Crippen LogP contribution in [0.5, 0.6) is 11.8 Å². The molecule has 2 aliphatic rings. The van der Waals surface area contributed by atoms with Gasteiger partial charge in [0, 0.05) is 19.4 Å². The molecule has 10 heteroatoms. The summed E-state index contributed by atoms with van der Waals surface area (Å²) in [4.78, 5) is 22.5. The van der Waals surface area contributed by atoms with Crippen molar-refractivity contribution in [1.82, 2.24) is 9.97 Å². The summed E-state index contributed by atoms with van der Waals surface area (Å²) in [6.45, 7) is 0.602. The number of halogens is 3. The molecule has 0 saturated carbocycles. The van der Waals surface area contributed by atoms with E-state index in [1.54, 1.807) is 6.07 Å². The average molecular weight is 426 g/mol. The number of pyridine rings is 2. The normalized spacial score (nSPS) is 18.0. The van der Waals surface area contributed by atoms with E-state index in [1.165, 1.54) is 20.4 Å². The quantitative estimate of drug-likeness (QED) is 0.704. The molecule has 0 aliphatic carbocycles. The first-order chi connectivity index (χ1) is 13.9. The zero-order valence-corrected chi connectivity index (χ0v) is 16.6. The zero-order chi connectivity index (χ0) is 20.8. The zero-order valence-electron chi connectivity index (χ0n) is 15.8. The van der Waals surface area contributed by atoms with Crippen molar-refractivity contribution < 1.29 is 27.8 Å². The average Bonchev–Trinajstić information content (AvgIpc) is 2.73. The molecule has 2 aromatic heterocycles. The maximum Gasteiger partial charge on any atom is 0.255 e. The van der Waals surface area contributed by atoms with Gasteiger partial charge in [0.2, 0.25) is 17.5 Å². The number of carbonyl (C=O) groups is 1. The van der Waals surface area contributed by atoms with Crippen LogP contribution in [-0.4, -0.2) is 43.3 Å². The van der Waals surface area contributed by atoms with Crippen molar-refractivity contribution in [2.24, 2.45) is 0 Å². The SMILES string of the molecule is COc1nc(OC)c(F)c(N2Cc3cnc(Cl)cc3C3(CCOCC3)C2=O)c1F. The second-order valence-corrected chi connectivity index (χ2v) is 7.24. The third kappa shape index (κ3) is 3.00. The van der Waals surface area contributed by atoms with Gasteiger partial charge in [0.1, 0.15) is 10.8 Å². The van der Waals surface area contributed by atoms with E-state index in [-0.39, 0.29) is 11.7 Å². The fraction of sp³-hybridized carbons (Fsp3) is 0.421. The predicted molar refractivity (Wildman–Crippen MR) is 99.4 cm³/mol. The first-order valence-electron chi connectivity index (χ1n) is 8.94. The largest absolute Gasteiger partial charge is 0.479 e. The van der Waals surface area contributed by atoms with Crippen LogP contribution >= 0.6 is 11.6 Å². The van der Waals surface area contributed by atoms with Gasteiger partial charge in [0.25, 0.3) is 11.8 Å². The first kappa shape index (κ1) is 19.8. The van der Waals surface area contributed by atoms with E-state index < -0.39 is 40.4 Å². The Morgan fingerprint density at radius 3 is 2.38 bits per heavy atom. The molecule has 4 rings (SSSR count). The lowest BCUT2D eigenvalue weighted by atomic mass is 9.69. The Morgan fingerprint density at radius 1 is 1.17 bits per heavy atom. The highest BCUT2D eigenvalue weighted by Gasteiger charge is 2.50. The van der Waals surface area contributed by atoms with E-state index in [1.807, 2.05) is 0 Å². The maximum atomic E-state index is 15.1. The first-order valence-corrected chi connectivity index (χ1v) is 9.32. The van der Waals surface area contributed by atoms with Crippen molar-refractivity contribution in [3.8, 4) is 11.8 Å². The number of rotatable bonds is 3. The number of methoxy groups -OCH3 is 2. The minimum atomic E-state index is -1.08. The summed E-state index contributed by atoms with van der Waals surface area (Å²) >= 11 is 6.08. The van der Waals surface area contributed by atoms with Gasteiger partial charge in [-0.2, -0.15) is 13.8 Å². The van der Waals surface area contributed by atoms with Gasteiger partial charge >= 0.3 is 0 Å². The molecule has 0 bridgehead atoms. The van der Waals surface area contributed by atoms with Crippen molar-refractivity contribution >= 4 is 23.2 Å². The summed E-state index contributed by atoms with van der Waals surface area (Å²) in [7, 11) is 2.40. The van der Waals surface area contributed by atoms with E-state index in [0.717, 1.165) is 10.5 Å². The summed E-state index contributed by atoms with van der Waals surface area (Å²) < 4.78 is 45.4. The van der Waals surface area contributed by atoms with Crippen LogP contribution in [0.25, 0.3) is 0 Å². The van der Waals surface area contributed by atoms with Crippen LogP contribution in [0.2, 0.25) is 5.15 Å². The van der Waals surface area contributed by atoms with E-state index in [4.69, 9.17) is 25.8 Å². The minimum absolute atomic E-state index is 0.0783. The molecule has 1 amide bonds. The van der Waals surface area contributed by atoms with Gasteiger partial charge in [0.15, 0.2) is 0 Å². The Bertz CT molecular complexity index is 954. The van der Waals surface area contributed by atoms with Gasteiger partial charge in [-0.1, -0.05) is 11.6 Å². The number of fused-ring (bicyclic) bond motifs is 2. The van der Waals surface area contributed by atoms with Crippen molar-refractivity contribution in [2.45, 2.75) is 24.8 Å².